The van der Waals surface area contributed by atoms with Gasteiger partial charge in [0.15, 0.2) is 23.1 Å². The Balaban J connectivity index is 0.959. The Bertz CT molecular complexity index is 3240. The fourth-order valence-electron chi connectivity index (χ4n) is 7.55. The minimum atomic E-state index is 0.627. The second-order valence-electron chi connectivity index (χ2n) is 13.9. The standard InChI is InChI=1S/C50H30N4OS/c1-3-12-33(13-4-1)47-52-48(34-23-21-32(22-24-34)40-20-10-16-31-11-7-8-19-39(31)40)54-49(53-47)38-18-9-17-36(27-38)37-25-26-41-42-29-44-43(30-46(42)56-45(41)28-37)51-50(55-44)35-14-5-2-6-15-35/h1-30H. The van der Waals surface area contributed by atoms with Crippen molar-refractivity contribution in [2.24, 2.45) is 0 Å². The van der Waals surface area contributed by atoms with Gasteiger partial charge in [0.05, 0.1) is 0 Å². The molecule has 0 saturated carbocycles. The Morgan fingerprint density at radius 1 is 0.357 bits per heavy atom. The number of benzene rings is 8. The van der Waals surface area contributed by atoms with Crippen LogP contribution in [0.1, 0.15) is 0 Å². The van der Waals surface area contributed by atoms with Crippen LogP contribution in [0.2, 0.25) is 0 Å². The molecule has 6 heteroatoms. The van der Waals surface area contributed by atoms with Crippen molar-refractivity contribution >= 4 is 53.4 Å². The van der Waals surface area contributed by atoms with Crippen molar-refractivity contribution in [1.82, 2.24) is 19.9 Å². The van der Waals surface area contributed by atoms with Gasteiger partial charge < -0.3 is 4.42 Å². The molecule has 11 rings (SSSR count). The van der Waals surface area contributed by atoms with Crippen LogP contribution < -0.4 is 0 Å². The van der Waals surface area contributed by atoms with Gasteiger partial charge in [-0.2, -0.15) is 0 Å². The van der Waals surface area contributed by atoms with E-state index in [1.807, 2.05) is 60.7 Å². The summed E-state index contributed by atoms with van der Waals surface area (Å²) in [5, 5.41) is 4.82. The number of oxazole rings is 1. The maximum absolute atomic E-state index is 6.22. The Morgan fingerprint density at radius 2 is 0.929 bits per heavy atom. The quantitative estimate of drug-likeness (QED) is 0.170. The zero-order chi connectivity index (χ0) is 37.0. The average Bonchev–Trinajstić information content (AvgIpc) is 3.86. The van der Waals surface area contributed by atoms with E-state index in [0.717, 1.165) is 50.0 Å². The van der Waals surface area contributed by atoms with E-state index >= 15 is 0 Å². The molecule has 0 saturated heterocycles. The summed E-state index contributed by atoms with van der Waals surface area (Å²) in [5.74, 6) is 2.53. The van der Waals surface area contributed by atoms with Crippen molar-refractivity contribution in [3.8, 4) is 67.9 Å². The van der Waals surface area contributed by atoms with Crippen LogP contribution in [-0.2, 0) is 0 Å². The summed E-state index contributed by atoms with van der Waals surface area (Å²) in [7, 11) is 0. The van der Waals surface area contributed by atoms with Crippen molar-refractivity contribution in [3.05, 3.63) is 182 Å². The number of thiophene rings is 1. The summed E-state index contributed by atoms with van der Waals surface area (Å²) < 4.78 is 8.61. The van der Waals surface area contributed by atoms with Crippen LogP contribution in [0, 0.1) is 0 Å². The number of nitrogens with zero attached hydrogens (tertiary/aromatic N) is 4. The van der Waals surface area contributed by atoms with E-state index in [2.05, 4.69) is 121 Å². The van der Waals surface area contributed by atoms with Crippen LogP contribution in [0.3, 0.4) is 0 Å². The van der Waals surface area contributed by atoms with Crippen molar-refractivity contribution in [2.75, 3.05) is 0 Å². The molecule has 0 unspecified atom stereocenters. The molecule has 262 valence electrons. The average molecular weight is 735 g/mol. The highest BCUT2D eigenvalue weighted by atomic mass is 32.1. The molecule has 0 bridgehead atoms. The summed E-state index contributed by atoms with van der Waals surface area (Å²) in [5.41, 5.74) is 9.98. The van der Waals surface area contributed by atoms with Gasteiger partial charge in [0.25, 0.3) is 0 Å². The van der Waals surface area contributed by atoms with Crippen molar-refractivity contribution in [2.45, 2.75) is 0 Å². The first-order valence-electron chi connectivity index (χ1n) is 18.5. The first-order valence-corrected chi connectivity index (χ1v) is 19.4. The lowest BCUT2D eigenvalue weighted by Gasteiger charge is -2.11. The van der Waals surface area contributed by atoms with Crippen LogP contribution in [0.25, 0.3) is 110 Å². The van der Waals surface area contributed by atoms with Gasteiger partial charge in [-0.15, -0.1) is 11.3 Å². The number of aromatic nitrogens is 4. The topological polar surface area (TPSA) is 64.7 Å². The van der Waals surface area contributed by atoms with Crippen LogP contribution in [0.15, 0.2) is 186 Å². The van der Waals surface area contributed by atoms with E-state index < -0.39 is 0 Å². The lowest BCUT2D eigenvalue weighted by molar-refractivity contribution is 0.620. The summed E-state index contributed by atoms with van der Waals surface area (Å²) in [6.45, 7) is 0. The Morgan fingerprint density at radius 3 is 1.73 bits per heavy atom. The Kier molecular flexibility index (Phi) is 7.60. The molecule has 0 aliphatic carbocycles. The third-order valence-corrected chi connectivity index (χ3v) is 11.5. The van der Waals surface area contributed by atoms with Gasteiger partial charge in [0.2, 0.25) is 5.89 Å². The maximum Gasteiger partial charge on any atom is 0.227 e. The molecule has 3 aromatic heterocycles. The minimum absolute atomic E-state index is 0.627. The number of hydrogen-bond donors (Lipinski definition) is 0. The fourth-order valence-corrected chi connectivity index (χ4v) is 8.71. The van der Waals surface area contributed by atoms with Gasteiger partial charge in [-0.1, -0.05) is 146 Å². The van der Waals surface area contributed by atoms with Crippen LogP contribution in [0.4, 0.5) is 0 Å². The predicted octanol–water partition coefficient (Wildman–Crippen LogP) is 13.5. The molecule has 56 heavy (non-hydrogen) atoms. The minimum Gasteiger partial charge on any atom is -0.436 e. The molecule has 0 N–H and O–H groups in total. The maximum atomic E-state index is 6.22. The second kappa shape index (κ2) is 13.2. The summed E-state index contributed by atoms with van der Waals surface area (Å²) in [4.78, 5) is 19.9. The van der Waals surface area contributed by atoms with Crippen LogP contribution in [-0.4, -0.2) is 19.9 Å². The summed E-state index contributed by atoms with van der Waals surface area (Å²) in [6, 6.07) is 63.0. The molecule has 0 spiro atoms. The molecule has 0 aliphatic rings. The highest BCUT2D eigenvalue weighted by Gasteiger charge is 2.16. The van der Waals surface area contributed by atoms with E-state index in [1.54, 1.807) is 11.3 Å². The number of fused-ring (bicyclic) bond motifs is 5. The normalized spacial score (nSPS) is 11.6. The monoisotopic (exact) mass is 734 g/mol. The first-order chi connectivity index (χ1) is 27.7. The van der Waals surface area contributed by atoms with Crippen molar-refractivity contribution in [1.29, 1.82) is 0 Å². The molecule has 0 amide bonds. The van der Waals surface area contributed by atoms with Gasteiger partial charge in [-0.3, -0.25) is 0 Å². The molecular weight excluding hydrogens is 705 g/mol. The lowest BCUT2D eigenvalue weighted by atomic mass is 9.97. The molecule has 3 heterocycles. The van der Waals surface area contributed by atoms with E-state index in [4.69, 9.17) is 24.4 Å². The molecule has 0 radical (unpaired) electrons. The molecular formula is C50H30N4OS. The van der Waals surface area contributed by atoms with E-state index in [9.17, 15) is 0 Å². The van der Waals surface area contributed by atoms with Crippen molar-refractivity contribution in [3.63, 3.8) is 0 Å². The summed E-state index contributed by atoms with van der Waals surface area (Å²) >= 11 is 1.78. The second-order valence-corrected chi connectivity index (χ2v) is 15.0. The van der Waals surface area contributed by atoms with Gasteiger partial charge in [0.1, 0.15) is 5.52 Å². The van der Waals surface area contributed by atoms with Gasteiger partial charge >= 0.3 is 0 Å². The third kappa shape index (κ3) is 5.72. The highest BCUT2D eigenvalue weighted by molar-refractivity contribution is 7.25. The third-order valence-electron chi connectivity index (χ3n) is 10.4. The first kappa shape index (κ1) is 32.2. The smallest absolute Gasteiger partial charge is 0.227 e. The van der Waals surface area contributed by atoms with Crippen molar-refractivity contribution < 1.29 is 4.42 Å². The summed E-state index contributed by atoms with van der Waals surface area (Å²) in [6.07, 6.45) is 0. The molecule has 5 nitrogen and oxygen atoms in total. The number of hydrogen-bond acceptors (Lipinski definition) is 6. The zero-order valence-corrected chi connectivity index (χ0v) is 30.7. The van der Waals surface area contributed by atoms with Crippen LogP contribution in [0.5, 0.6) is 0 Å². The molecule has 0 aliphatic heterocycles. The lowest BCUT2D eigenvalue weighted by Crippen LogP contribution is -2.00. The largest absolute Gasteiger partial charge is 0.436 e. The molecule has 11 aromatic rings. The van der Waals surface area contributed by atoms with E-state index in [0.29, 0.717) is 23.4 Å². The molecule has 0 fully saturated rings. The Hall–Kier alpha value is -7.28. The van der Waals surface area contributed by atoms with E-state index in [-0.39, 0.29) is 0 Å². The van der Waals surface area contributed by atoms with Gasteiger partial charge in [-0.25, -0.2) is 19.9 Å². The van der Waals surface area contributed by atoms with Gasteiger partial charge in [0, 0.05) is 42.4 Å². The number of rotatable bonds is 6. The fraction of sp³-hybridized carbons (Fsp3) is 0. The molecule has 0 atom stereocenters. The Labute approximate surface area is 326 Å². The van der Waals surface area contributed by atoms with Gasteiger partial charge in [-0.05, 0) is 69.4 Å². The van der Waals surface area contributed by atoms with E-state index in [1.165, 1.54) is 36.5 Å². The SMILES string of the molecule is c1ccc(-c2nc(-c3ccc(-c4cccc5ccccc45)cc3)nc(-c3cccc(-c4ccc5c(c4)sc4cc6nc(-c7ccccc7)oc6cc45)c3)n2)cc1. The molecule has 8 aromatic carbocycles. The zero-order valence-electron chi connectivity index (χ0n) is 29.9. The predicted molar refractivity (Wildman–Crippen MR) is 230 cm³/mol. The highest BCUT2D eigenvalue weighted by Crippen LogP contribution is 2.40. The van der Waals surface area contributed by atoms with Crippen LogP contribution >= 0.6 is 11.3 Å².